The summed E-state index contributed by atoms with van der Waals surface area (Å²) in [6.07, 6.45) is 0. The fraction of sp³-hybridized carbons (Fsp3) is 0.350. The van der Waals surface area contributed by atoms with Gasteiger partial charge in [-0.15, -0.1) is 0 Å². The normalized spacial score (nSPS) is 15.2. The number of anilines is 1. The zero-order valence-corrected chi connectivity index (χ0v) is 15.4. The first-order valence-corrected chi connectivity index (χ1v) is 9.15. The number of para-hydroxylation sites is 1. The highest BCUT2D eigenvalue weighted by atomic mass is 35.5. The lowest BCUT2D eigenvalue weighted by molar-refractivity contribution is -0.892. The first kappa shape index (κ1) is 17.8. The van der Waals surface area contributed by atoms with Crippen molar-refractivity contribution < 1.29 is 9.69 Å². The Morgan fingerprint density at radius 3 is 2.64 bits per heavy atom. The van der Waals surface area contributed by atoms with Gasteiger partial charge in [0.2, 0.25) is 0 Å². The van der Waals surface area contributed by atoms with Crippen LogP contribution >= 0.6 is 11.6 Å². The van der Waals surface area contributed by atoms with E-state index in [4.69, 9.17) is 11.6 Å². The summed E-state index contributed by atoms with van der Waals surface area (Å²) in [6.45, 7) is 7.16. The molecule has 0 aromatic heterocycles. The van der Waals surface area contributed by atoms with Gasteiger partial charge < -0.3 is 15.1 Å². The lowest BCUT2D eigenvalue weighted by Gasteiger charge is -2.34. The molecule has 1 aliphatic rings. The number of halogens is 1. The average molecular weight is 359 g/mol. The minimum atomic E-state index is 0.0966. The number of carbonyl (C=O) groups excluding carboxylic acids is 1. The van der Waals surface area contributed by atoms with Crippen molar-refractivity contribution >= 4 is 23.2 Å². The number of rotatable bonds is 5. The molecular formula is C20H25ClN3O+. The molecular weight excluding hydrogens is 334 g/mol. The smallest absolute Gasteiger partial charge is 0.275 e. The number of hydrogen-bond donors (Lipinski definition) is 2. The standard InChI is InChI=1S/C20H24ClN3O/c1-16-5-2-3-8-19(16)24-11-9-23(10-12-24)15-20(25)22-14-17-6-4-7-18(21)13-17/h2-8,13H,9-12,14-15H2,1H3,(H,22,25)/p+1. The van der Waals surface area contributed by atoms with Crippen LogP contribution in [0, 0.1) is 6.92 Å². The molecule has 5 heteroatoms. The van der Waals surface area contributed by atoms with E-state index < -0.39 is 0 Å². The molecule has 3 rings (SSSR count). The second-order valence-corrected chi connectivity index (χ2v) is 7.04. The summed E-state index contributed by atoms with van der Waals surface area (Å²) < 4.78 is 0. The molecule has 0 spiro atoms. The van der Waals surface area contributed by atoms with Crippen LogP contribution < -0.4 is 15.1 Å². The lowest BCUT2D eigenvalue weighted by Crippen LogP contribution is -3.15. The fourth-order valence-electron chi connectivity index (χ4n) is 3.30. The molecule has 2 aromatic carbocycles. The van der Waals surface area contributed by atoms with Crippen molar-refractivity contribution in [3.05, 3.63) is 64.7 Å². The van der Waals surface area contributed by atoms with Gasteiger partial charge in [-0.05, 0) is 36.2 Å². The van der Waals surface area contributed by atoms with Crippen LogP contribution in [0.3, 0.4) is 0 Å². The van der Waals surface area contributed by atoms with E-state index in [9.17, 15) is 4.79 Å². The molecule has 1 amide bonds. The molecule has 0 radical (unpaired) electrons. The van der Waals surface area contributed by atoms with Crippen LogP contribution in [-0.2, 0) is 11.3 Å². The molecule has 1 fully saturated rings. The Labute approximate surface area is 154 Å². The van der Waals surface area contributed by atoms with Crippen LogP contribution in [0.5, 0.6) is 0 Å². The van der Waals surface area contributed by atoms with Gasteiger partial charge in [-0.1, -0.05) is 41.9 Å². The van der Waals surface area contributed by atoms with Crippen molar-refractivity contribution in [3.8, 4) is 0 Å². The van der Waals surface area contributed by atoms with Crippen molar-refractivity contribution in [2.75, 3.05) is 37.6 Å². The Balaban J connectivity index is 1.44. The van der Waals surface area contributed by atoms with E-state index in [0.717, 1.165) is 31.7 Å². The molecule has 0 atom stereocenters. The summed E-state index contributed by atoms with van der Waals surface area (Å²) in [4.78, 5) is 16.0. The number of hydrogen-bond acceptors (Lipinski definition) is 2. The second kappa shape index (κ2) is 8.37. The largest absolute Gasteiger partial charge is 0.360 e. The van der Waals surface area contributed by atoms with Gasteiger partial charge in [-0.3, -0.25) is 4.79 Å². The molecule has 25 heavy (non-hydrogen) atoms. The minimum absolute atomic E-state index is 0.0966. The second-order valence-electron chi connectivity index (χ2n) is 6.61. The van der Waals surface area contributed by atoms with Crippen molar-refractivity contribution in [2.24, 2.45) is 0 Å². The number of nitrogens with one attached hydrogen (secondary N) is 2. The number of carbonyl (C=O) groups is 1. The number of amides is 1. The molecule has 0 saturated carbocycles. The molecule has 2 N–H and O–H groups in total. The maximum absolute atomic E-state index is 12.2. The molecule has 0 aliphatic carbocycles. The van der Waals surface area contributed by atoms with Crippen LogP contribution in [-0.4, -0.2) is 38.6 Å². The summed E-state index contributed by atoms with van der Waals surface area (Å²) in [6, 6.07) is 16.1. The fourth-order valence-corrected chi connectivity index (χ4v) is 3.51. The highest BCUT2D eigenvalue weighted by Crippen LogP contribution is 2.18. The number of aryl methyl sites for hydroxylation is 1. The maximum Gasteiger partial charge on any atom is 0.275 e. The SMILES string of the molecule is Cc1ccccc1N1CC[NH+](CC(=O)NCc2cccc(Cl)c2)CC1. The van der Waals surface area contributed by atoms with Crippen molar-refractivity contribution in [3.63, 3.8) is 0 Å². The predicted octanol–water partition coefficient (Wildman–Crippen LogP) is 1.67. The Morgan fingerprint density at radius 2 is 1.92 bits per heavy atom. The van der Waals surface area contributed by atoms with Gasteiger partial charge in [0.1, 0.15) is 0 Å². The summed E-state index contributed by atoms with van der Waals surface area (Å²) in [5.74, 6) is 0.0966. The number of nitrogens with zero attached hydrogens (tertiary/aromatic N) is 1. The lowest BCUT2D eigenvalue weighted by atomic mass is 10.1. The van der Waals surface area contributed by atoms with Crippen molar-refractivity contribution in [2.45, 2.75) is 13.5 Å². The van der Waals surface area contributed by atoms with Gasteiger partial charge >= 0.3 is 0 Å². The zero-order valence-electron chi connectivity index (χ0n) is 14.6. The van der Waals surface area contributed by atoms with E-state index in [2.05, 4.69) is 41.4 Å². The Hall–Kier alpha value is -2.04. The first-order valence-electron chi connectivity index (χ1n) is 8.77. The van der Waals surface area contributed by atoms with Crippen LogP contribution in [0.25, 0.3) is 0 Å². The molecule has 4 nitrogen and oxygen atoms in total. The van der Waals surface area contributed by atoms with Crippen molar-refractivity contribution in [1.29, 1.82) is 0 Å². The quantitative estimate of drug-likeness (QED) is 0.853. The van der Waals surface area contributed by atoms with Crippen LogP contribution in [0.15, 0.2) is 48.5 Å². The van der Waals surface area contributed by atoms with Crippen molar-refractivity contribution in [1.82, 2.24) is 5.32 Å². The Morgan fingerprint density at radius 1 is 1.16 bits per heavy atom. The monoisotopic (exact) mass is 358 g/mol. The number of quaternary nitrogens is 1. The molecule has 132 valence electrons. The Kier molecular flexibility index (Phi) is 5.95. The van der Waals surface area contributed by atoms with E-state index >= 15 is 0 Å². The predicted molar refractivity (Wildman–Crippen MR) is 102 cm³/mol. The summed E-state index contributed by atoms with van der Waals surface area (Å²) >= 11 is 5.97. The van der Waals surface area contributed by atoms with Crippen LogP contribution in [0.2, 0.25) is 5.02 Å². The number of piperazine rings is 1. The zero-order chi connectivity index (χ0) is 17.6. The minimum Gasteiger partial charge on any atom is -0.360 e. The van der Waals surface area contributed by atoms with Gasteiger partial charge in [0.05, 0.1) is 26.2 Å². The average Bonchev–Trinajstić information content (AvgIpc) is 2.61. The third-order valence-corrected chi connectivity index (χ3v) is 4.95. The third kappa shape index (κ3) is 4.97. The van der Waals surface area contributed by atoms with Crippen LogP contribution in [0.4, 0.5) is 5.69 Å². The third-order valence-electron chi connectivity index (χ3n) is 4.72. The topological polar surface area (TPSA) is 36.8 Å². The van der Waals surface area contributed by atoms with E-state index in [1.54, 1.807) is 0 Å². The first-order chi connectivity index (χ1) is 12.1. The molecule has 1 saturated heterocycles. The molecule has 0 bridgehead atoms. The number of benzene rings is 2. The van der Waals surface area contributed by atoms with Crippen LogP contribution in [0.1, 0.15) is 11.1 Å². The highest BCUT2D eigenvalue weighted by Gasteiger charge is 2.22. The van der Waals surface area contributed by atoms with Gasteiger partial charge in [0, 0.05) is 17.3 Å². The van der Waals surface area contributed by atoms with E-state index in [1.807, 2.05) is 24.3 Å². The highest BCUT2D eigenvalue weighted by molar-refractivity contribution is 6.30. The summed E-state index contributed by atoms with van der Waals surface area (Å²) in [5, 5.41) is 3.69. The summed E-state index contributed by atoms with van der Waals surface area (Å²) in [7, 11) is 0. The molecule has 1 heterocycles. The van der Waals surface area contributed by atoms with Gasteiger partial charge in [-0.25, -0.2) is 0 Å². The van der Waals surface area contributed by atoms with Gasteiger partial charge in [-0.2, -0.15) is 0 Å². The molecule has 0 unspecified atom stereocenters. The Bertz CT molecular complexity index is 726. The van der Waals surface area contributed by atoms with E-state index in [-0.39, 0.29) is 5.91 Å². The van der Waals surface area contributed by atoms with E-state index in [0.29, 0.717) is 18.1 Å². The maximum atomic E-state index is 12.2. The van der Waals surface area contributed by atoms with E-state index in [1.165, 1.54) is 16.2 Å². The van der Waals surface area contributed by atoms with Gasteiger partial charge in [0.25, 0.3) is 5.91 Å². The summed E-state index contributed by atoms with van der Waals surface area (Å²) in [5.41, 5.74) is 3.65. The van der Waals surface area contributed by atoms with Gasteiger partial charge in [0.15, 0.2) is 6.54 Å². The molecule has 2 aromatic rings. The molecule has 1 aliphatic heterocycles.